The third kappa shape index (κ3) is 2.22. The molecule has 2 aliphatic heterocycles. The van der Waals surface area contributed by atoms with Crippen molar-refractivity contribution in [2.45, 2.75) is 18.3 Å². The number of hydrogen-bond donors (Lipinski definition) is 0. The van der Waals surface area contributed by atoms with E-state index >= 15 is 0 Å². The van der Waals surface area contributed by atoms with E-state index in [1.54, 1.807) is 0 Å². The van der Waals surface area contributed by atoms with Gasteiger partial charge in [-0.15, -0.1) is 0 Å². The highest BCUT2D eigenvalue weighted by molar-refractivity contribution is 5.86. The Kier molecular flexibility index (Phi) is 3.10. The zero-order valence-corrected chi connectivity index (χ0v) is 13.8. The minimum Gasteiger partial charge on any atom is -0.492 e. The predicted octanol–water partition coefficient (Wildman–Crippen LogP) is 2.93. The molecule has 1 amide bonds. The van der Waals surface area contributed by atoms with E-state index in [1.807, 2.05) is 47.4 Å². The lowest BCUT2D eigenvalue weighted by Gasteiger charge is -2.22. The van der Waals surface area contributed by atoms with Gasteiger partial charge in [-0.05, 0) is 24.6 Å². The van der Waals surface area contributed by atoms with Crippen molar-refractivity contribution in [2.75, 3.05) is 19.7 Å². The maximum absolute atomic E-state index is 12.8. The van der Waals surface area contributed by atoms with Gasteiger partial charge in [0, 0.05) is 24.0 Å². The van der Waals surface area contributed by atoms with E-state index < -0.39 is 0 Å². The number of benzene rings is 2. The van der Waals surface area contributed by atoms with E-state index in [9.17, 15) is 4.79 Å². The van der Waals surface area contributed by atoms with Crippen LogP contribution in [0.25, 0.3) is 11.0 Å². The molecule has 1 unspecified atom stereocenters. The fourth-order valence-electron chi connectivity index (χ4n) is 4.07. The first kappa shape index (κ1) is 14.5. The van der Waals surface area contributed by atoms with Crippen molar-refractivity contribution in [1.29, 1.82) is 0 Å². The summed E-state index contributed by atoms with van der Waals surface area (Å²) in [6.07, 6.45) is 1.21. The van der Waals surface area contributed by atoms with Crippen LogP contribution >= 0.6 is 0 Å². The molecule has 2 aromatic carbocycles. The Bertz CT molecular complexity index is 964. The fourth-order valence-corrected chi connectivity index (χ4v) is 4.07. The zero-order valence-electron chi connectivity index (χ0n) is 13.8. The summed E-state index contributed by atoms with van der Waals surface area (Å²) < 4.78 is 11.2. The predicted molar refractivity (Wildman–Crippen MR) is 92.5 cm³/mol. The molecule has 5 heteroatoms. The Morgan fingerprint density at radius 2 is 2.00 bits per heavy atom. The normalized spacial score (nSPS) is 21.7. The van der Waals surface area contributed by atoms with Gasteiger partial charge in [0.05, 0.1) is 18.4 Å². The van der Waals surface area contributed by atoms with Crippen LogP contribution in [0.4, 0.5) is 0 Å². The number of hydrogen-bond acceptors (Lipinski definition) is 4. The van der Waals surface area contributed by atoms with E-state index in [0.717, 1.165) is 29.7 Å². The van der Waals surface area contributed by atoms with Crippen molar-refractivity contribution in [1.82, 2.24) is 10.1 Å². The van der Waals surface area contributed by atoms with Crippen molar-refractivity contribution in [3.63, 3.8) is 0 Å². The maximum atomic E-state index is 12.8. The van der Waals surface area contributed by atoms with Crippen molar-refractivity contribution >= 4 is 16.9 Å². The first-order valence-electron chi connectivity index (χ1n) is 8.59. The van der Waals surface area contributed by atoms with Crippen molar-refractivity contribution < 1.29 is 14.1 Å². The van der Waals surface area contributed by atoms with Gasteiger partial charge in [-0.3, -0.25) is 4.79 Å². The number of carbonyl (C=O) groups excluding carboxylic acids is 1. The molecule has 5 rings (SSSR count). The molecule has 0 aliphatic carbocycles. The van der Waals surface area contributed by atoms with Crippen LogP contribution in [0.2, 0.25) is 0 Å². The van der Waals surface area contributed by atoms with Crippen LogP contribution in [0, 0.1) is 0 Å². The SMILES string of the molecule is O=C(Cc1noc2ccccc12)N1CCC2(COc3ccccc32)C1. The quantitative estimate of drug-likeness (QED) is 0.723. The van der Waals surface area contributed by atoms with Gasteiger partial charge in [-0.2, -0.15) is 0 Å². The minimum absolute atomic E-state index is 0.0574. The number of rotatable bonds is 2. The highest BCUT2D eigenvalue weighted by Gasteiger charge is 2.46. The Labute approximate surface area is 145 Å². The molecule has 25 heavy (non-hydrogen) atoms. The van der Waals surface area contributed by atoms with Gasteiger partial charge in [0.1, 0.15) is 11.4 Å². The summed E-state index contributed by atoms with van der Waals surface area (Å²) in [5, 5.41) is 5.00. The molecule has 1 spiro atoms. The van der Waals surface area contributed by atoms with Gasteiger partial charge in [0.2, 0.25) is 5.91 Å². The summed E-state index contributed by atoms with van der Waals surface area (Å²) in [7, 11) is 0. The average Bonchev–Trinajstić information content (AvgIpc) is 3.35. The molecule has 5 nitrogen and oxygen atoms in total. The highest BCUT2D eigenvalue weighted by atomic mass is 16.5. The summed E-state index contributed by atoms with van der Waals surface area (Å²) in [5.41, 5.74) is 2.61. The lowest BCUT2D eigenvalue weighted by molar-refractivity contribution is -0.129. The number of para-hydroxylation sites is 2. The molecule has 126 valence electrons. The van der Waals surface area contributed by atoms with E-state index in [2.05, 4.69) is 11.2 Å². The molecule has 1 atom stereocenters. The lowest BCUT2D eigenvalue weighted by atomic mass is 9.82. The topological polar surface area (TPSA) is 55.6 Å². The Balaban J connectivity index is 1.36. The molecule has 0 bridgehead atoms. The second kappa shape index (κ2) is 5.34. The van der Waals surface area contributed by atoms with Crippen LogP contribution in [0.5, 0.6) is 5.75 Å². The lowest BCUT2D eigenvalue weighted by Crippen LogP contribution is -2.36. The number of likely N-dealkylation sites (tertiary alicyclic amines) is 1. The average molecular weight is 334 g/mol. The minimum atomic E-state index is -0.0574. The van der Waals surface area contributed by atoms with E-state index in [4.69, 9.17) is 9.26 Å². The van der Waals surface area contributed by atoms with Crippen molar-refractivity contribution in [2.24, 2.45) is 0 Å². The molecule has 1 fully saturated rings. The van der Waals surface area contributed by atoms with Gasteiger partial charge >= 0.3 is 0 Å². The summed E-state index contributed by atoms with van der Waals surface area (Å²) >= 11 is 0. The van der Waals surface area contributed by atoms with Crippen LogP contribution in [0.1, 0.15) is 17.7 Å². The number of carbonyl (C=O) groups is 1. The monoisotopic (exact) mass is 334 g/mol. The molecular weight excluding hydrogens is 316 g/mol. The van der Waals surface area contributed by atoms with Crippen LogP contribution in [0.15, 0.2) is 53.1 Å². The highest BCUT2D eigenvalue weighted by Crippen LogP contribution is 2.44. The molecule has 0 radical (unpaired) electrons. The third-order valence-electron chi connectivity index (χ3n) is 5.44. The van der Waals surface area contributed by atoms with Gasteiger partial charge in [0.25, 0.3) is 0 Å². The molecule has 1 saturated heterocycles. The van der Waals surface area contributed by atoms with Crippen LogP contribution in [-0.2, 0) is 16.6 Å². The van der Waals surface area contributed by atoms with Crippen molar-refractivity contribution in [3.05, 3.63) is 59.8 Å². The molecular formula is C20H18N2O3. The summed E-state index contributed by atoms with van der Waals surface area (Å²) in [4.78, 5) is 14.8. The summed E-state index contributed by atoms with van der Waals surface area (Å²) in [5.74, 6) is 1.06. The first-order chi connectivity index (χ1) is 12.3. The van der Waals surface area contributed by atoms with Gasteiger partial charge in [-0.1, -0.05) is 35.5 Å². The molecule has 1 aromatic heterocycles. The molecule has 2 aliphatic rings. The number of nitrogens with zero attached hydrogens (tertiary/aromatic N) is 2. The number of fused-ring (bicyclic) bond motifs is 3. The van der Waals surface area contributed by atoms with Crippen LogP contribution < -0.4 is 4.74 Å². The zero-order chi connectivity index (χ0) is 16.9. The first-order valence-corrected chi connectivity index (χ1v) is 8.59. The molecule has 3 aromatic rings. The Hall–Kier alpha value is -2.82. The standard InChI is InChI=1S/C20H18N2O3/c23-19(11-16-14-5-1-3-7-17(14)25-21-16)22-10-9-20(12-22)13-24-18-8-4-2-6-15(18)20/h1-8H,9-13H2. The van der Waals surface area contributed by atoms with E-state index in [1.165, 1.54) is 5.56 Å². The third-order valence-corrected chi connectivity index (χ3v) is 5.44. The summed E-state index contributed by atoms with van der Waals surface area (Å²) in [6.45, 7) is 2.12. The summed E-state index contributed by atoms with van der Waals surface area (Å²) in [6, 6.07) is 15.8. The van der Waals surface area contributed by atoms with Gasteiger partial charge < -0.3 is 14.2 Å². The van der Waals surface area contributed by atoms with E-state index in [-0.39, 0.29) is 17.7 Å². The molecule has 0 N–H and O–H groups in total. The Morgan fingerprint density at radius 3 is 2.96 bits per heavy atom. The fraction of sp³-hybridized carbons (Fsp3) is 0.300. The number of amides is 1. The number of aromatic nitrogens is 1. The Morgan fingerprint density at radius 1 is 1.16 bits per heavy atom. The van der Waals surface area contributed by atoms with Crippen LogP contribution in [-0.4, -0.2) is 35.7 Å². The largest absolute Gasteiger partial charge is 0.492 e. The number of ether oxygens (including phenoxy) is 1. The maximum Gasteiger partial charge on any atom is 0.228 e. The van der Waals surface area contributed by atoms with Crippen molar-refractivity contribution in [3.8, 4) is 5.75 Å². The van der Waals surface area contributed by atoms with Gasteiger partial charge in [0.15, 0.2) is 5.58 Å². The second-order valence-electron chi connectivity index (χ2n) is 6.93. The second-order valence-corrected chi connectivity index (χ2v) is 6.93. The molecule has 0 saturated carbocycles. The van der Waals surface area contributed by atoms with E-state index in [0.29, 0.717) is 18.8 Å². The van der Waals surface area contributed by atoms with Gasteiger partial charge in [-0.25, -0.2) is 0 Å². The molecule has 3 heterocycles. The van der Waals surface area contributed by atoms with Crippen LogP contribution in [0.3, 0.4) is 0 Å². The smallest absolute Gasteiger partial charge is 0.228 e.